The fourth-order valence-electron chi connectivity index (χ4n) is 1.82. The van der Waals surface area contributed by atoms with Crippen LogP contribution in [0.3, 0.4) is 0 Å². The second kappa shape index (κ2) is 5.40. The highest BCUT2D eigenvalue weighted by molar-refractivity contribution is 5.92. The van der Waals surface area contributed by atoms with Gasteiger partial charge in [-0.05, 0) is 17.7 Å². The SMILES string of the molecule is NC(=O)c1cccc(Cn2ccc(=O)c(C(=O)O)c2)c1. The Hall–Kier alpha value is -2.89. The quantitative estimate of drug-likeness (QED) is 0.854. The molecule has 1 heterocycles. The summed E-state index contributed by atoms with van der Waals surface area (Å²) in [5.74, 6) is -1.80. The Morgan fingerprint density at radius 2 is 2.00 bits per heavy atom. The number of hydrogen-bond acceptors (Lipinski definition) is 3. The zero-order chi connectivity index (χ0) is 14.7. The van der Waals surface area contributed by atoms with E-state index in [1.54, 1.807) is 28.8 Å². The number of rotatable bonds is 4. The van der Waals surface area contributed by atoms with E-state index in [2.05, 4.69) is 0 Å². The van der Waals surface area contributed by atoms with Crippen molar-refractivity contribution in [3.05, 3.63) is 69.6 Å². The van der Waals surface area contributed by atoms with E-state index in [9.17, 15) is 14.4 Å². The molecule has 0 aliphatic carbocycles. The van der Waals surface area contributed by atoms with E-state index < -0.39 is 17.3 Å². The highest BCUT2D eigenvalue weighted by Crippen LogP contribution is 2.07. The number of aromatic carboxylic acids is 1. The molecule has 1 aromatic carbocycles. The van der Waals surface area contributed by atoms with Gasteiger partial charge in [-0.1, -0.05) is 12.1 Å². The van der Waals surface area contributed by atoms with E-state index in [4.69, 9.17) is 10.8 Å². The standard InChI is InChI=1S/C14H12N2O4/c15-13(18)10-3-1-2-9(6-10)7-16-5-4-12(17)11(8-16)14(19)20/h1-6,8H,7H2,(H2,15,18)(H,19,20). The Kier molecular flexibility index (Phi) is 3.65. The fourth-order valence-corrected chi connectivity index (χ4v) is 1.82. The number of carboxylic acids is 1. The van der Waals surface area contributed by atoms with Crippen molar-refractivity contribution in [2.24, 2.45) is 5.73 Å². The molecule has 1 amide bonds. The molecule has 0 fully saturated rings. The molecule has 0 atom stereocenters. The van der Waals surface area contributed by atoms with Gasteiger partial charge in [0.2, 0.25) is 5.91 Å². The van der Waals surface area contributed by atoms with Gasteiger partial charge in [-0.3, -0.25) is 9.59 Å². The summed E-state index contributed by atoms with van der Waals surface area (Å²) in [5.41, 5.74) is 5.52. The van der Waals surface area contributed by atoms with Gasteiger partial charge in [0.25, 0.3) is 0 Å². The molecule has 0 saturated carbocycles. The number of pyridine rings is 1. The van der Waals surface area contributed by atoms with Crippen molar-refractivity contribution in [2.75, 3.05) is 0 Å². The first kappa shape index (κ1) is 13.5. The van der Waals surface area contributed by atoms with Crippen LogP contribution in [-0.4, -0.2) is 21.6 Å². The van der Waals surface area contributed by atoms with Gasteiger partial charge in [0.1, 0.15) is 5.56 Å². The average Bonchev–Trinajstić information content (AvgIpc) is 2.41. The van der Waals surface area contributed by atoms with Crippen molar-refractivity contribution in [1.29, 1.82) is 0 Å². The molecule has 20 heavy (non-hydrogen) atoms. The number of nitrogens with zero attached hydrogens (tertiary/aromatic N) is 1. The smallest absolute Gasteiger partial charge is 0.341 e. The number of aromatic nitrogens is 1. The molecule has 6 heteroatoms. The van der Waals surface area contributed by atoms with E-state index in [-0.39, 0.29) is 5.56 Å². The zero-order valence-corrected chi connectivity index (χ0v) is 10.4. The second-order valence-corrected chi connectivity index (χ2v) is 4.26. The van der Waals surface area contributed by atoms with Gasteiger partial charge in [0.15, 0.2) is 5.43 Å². The Bertz CT molecular complexity index is 734. The molecular formula is C14H12N2O4. The number of amides is 1. The lowest BCUT2D eigenvalue weighted by Crippen LogP contribution is -2.17. The third-order valence-electron chi connectivity index (χ3n) is 2.78. The van der Waals surface area contributed by atoms with Crippen LogP contribution in [0.2, 0.25) is 0 Å². The summed E-state index contributed by atoms with van der Waals surface area (Å²) in [6.07, 6.45) is 2.76. The van der Waals surface area contributed by atoms with Crippen LogP contribution in [0.25, 0.3) is 0 Å². The Morgan fingerprint density at radius 1 is 1.25 bits per heavy atom. The molecule has 2 aromatic rings. The van der Waals surface area contributed by atoms with Gasteiger partial charge in [-0.25, -0.2) is 4.79 Å². The minimum Gasteiger partial charge on any atom is -0.477 e. The van der Waals surface area contributed by atoms with Gasteiger partial charge in [-0.15, -0.1) is 0 Å². The number of benzene rings is 1. The van der Waals surface area contributed by atoms with Crippen molar-refractivity contribution in [2.45, 2.75) is 6.54 Å². The lowest BCUT2D eigenvalue weighted by molar-refractivity contribution is 0.0694. The Labute approximate surface area is 114 Å². The van der Waals surface area contributed by atoms with Crippen LogP contribution < -0.4 is 11.2 Å². The number of nitrogens with two attached hydrogens (primary N) is 1. The van der Waals surface area contributed by atoms with Crippen LogP contribution in [0.1, 0.15) is 26.3 Å². The van der Waals surface area contributed by atoms with Crippen molar-refractivity contribution in [3.8, 4) is 0 Å². The molecule has 6 nitrogen and oxygen atoms in total. The molecule has 2 rings (SSSR count). The molecule has 0 saturated heterocycles. The van der Waals surface area contributed by atoms with Crippen LogP contribution in [0.15, 0.2) is 47.5 Å². The zero-order valence-electron chi connectivity index (χ0n) is 10.4. The molecule has 1 aromatic heterocycles. The summed E-state index contributed by atoms with van der Waals surface area (Å²) < 4.78 is 1.56. The molecule has 0 aliphatic heterocycles. The molecule has 0 radical (unpaired) electrons. The summed E-state index contributed by atoms with van der Waals surface area (Å²) in [6.45, 7) is 0.335. The second-order valence-electron chi connectivity index (χ2n) is 4.26. The lowest BCUT2D eigenvalue weighted by atomic mass is 10.1. The predicted molar refractivity (Wildman–Crippen MR) is 71.7 cm³/mol. The van der Waals surface area contributed by atoms with Crippen LogP contribution in [-0.2, 0) is 6.54 Å². The van der Waals surface area contributed by atoms with E-state index in [0.717, 1.165) is 5.56 Å². The van der Waals surface area contributed by atoms with Crippen molar-refractivity contribution in [1.82, 2.24) is 4.57 Å². The molecule has 0 aliphatic rings. The van der Waals surface area contributed by atoms with Crippen LogP contribution in [0.4, 0.5) is 0 Å². The van der Waals surface area contributed by atoms with Gasteiger partial charge in [0, 0.05) is 30.6 Å². The highest BCUT2D eigenvalue weighted by atomic mass is 16.4. The Balaban J connectivity index is 2.33. The van der Waals surface area contributed by atoms with Crippen molar-refractivity contribution < 1.29 is 14.7 Å². The lowest BCUT2D eigenvalue weighted by Gasteiger charge is -2.08. The first-order chi connectivity index (χ1) is 9.47. The maximum atomic E-state index is 11.4. The monoisotopic (exact) mass is 272 g/mol. The maximum Gasteiger partial charge on any atom is 0.341 e. The van der Waals surface area contributed by atoms with Crippen LogP contribution in [0.5, 0.6) is 0 Å². The molecule has 0 bridgehead atoms. The minimum absolute atomic E-state index is 0.293. The third-order valence-corrected chi connectivity index (χ3v) is 2.78. The van der Waals surface area contributed by atoms with E-state index in [0.29, 0.717) is 12.1 Å². The van der Waals surface area contributed by atoms with Crippen molar-refractivity contribution in [3.63, 3.8) is 0 Å². The van der Waals surface area contributed by atoms with E-state index >= 15 is 0 Å². The summed E-state index contributed by atoms with van der Waals surface area (Å²) >= 11 is 0. The highest BCUT2D eigenvalue weighted by Gasteiger charge is 2.08. The Morgan fingerprint density at radius 3 is 2.65 bits per heavy atom. The van der Waals surface area contributed by atoms with Crippen LogP contribution in [0, 0.1) is 0 Å². The number of carbonyl (C=O) groups excluding carboxylic acids is 1. The summed E-state index contributed by atoms with van der Waals surface area (Å²) in [5, 5.41) is 8.90. The van der Waals surface area contributed by atoms with Gasteiger partial charge >= 0.3 is 5.97 Å². The van der Waals surface area contributed by atoms with E-state index in [1.165, 1.54) is 18.5 Å². The van der Waals surface area contributed by atoms with Crippen molar-refractivity contribution >= 4 is 11.9 Å². The van der Waals surface area contributed by atoms with Gasteiger partial charge in [0.05, 0.1) is 0 Å². The minimum atomic E-state index is -1.27. The maximum absolute atomic E-state index is 11.4. The third kappa shape index (κ3) is 2.92. The van der Waals surface area contributed by atoms with E-state index in [1.807, 2.05) is 0 Å². The largest absolute Gasteiger partial charge is 0.477 e. The first-order valence-electron chi connectivity index (χ1n) is 5.79. The number of primary amides is 1. The molecular weight excluding hydrogens is 260 g/mol. The summed E-state index contributed by atoms with van der Waals surface area (Å²) in [7, 11) is 0. The van der Waals surface area contributed by atoms with Crippen LogP contribution >= 0.6 is 0 Å². The number of hydrogen-bond donors (Lipinski definition) is 2. The normalized spacial score (nSPS) is 10.2. The molecule has 3 N–H and O–H groups in total. The molecule has 0 spiro atoms. The predicted octanol–water partition coefficient (Wildman–Crippen LogP) is 0.694. The summed E-state index contributed by atoms with van der Waals surface area (Å²) in [6, 6.07) is 7.89. The number of carboxylic acid groups (broad SMARTS) is 1. The number of carbonyl (C=O) groups is 2. The van der Waals surface area contributed by atoms with Gasteiger partial charge in [-0.2, -0.15) is 0 Å². The summed E-state index contributed by atoms with van der Waals surface area (Å²) in [4.78, 5) is 33.3. The molecule has 0 unspecified atom stereocenters. The van der Waals surface area contributed by atoms with Gasteiger partial charge < -0.3 is 15.4 Å². The molecule has 102 valence electrons. The topological polar surface area (TPSA) is 102 Å². The average molecular weight is 272 g/mol. The first-order valence-corrected chi connectivity index (χ1v) is 5.79. The fraction of sp³-hybridized carbons (Fsp3) is 0.0714.